The van der Waals surface area contributed by atoms with Crippen LogP contribution in [0.1, 0.15) is 275 Å². The van der Waals surface area contributed by atoms with Crippen LogP contribution >= 0.6 is 0 Å². The van der Waals surface area contributed by atoms with Crippen molar-refractivity contribution in [1.29, 1.82) is 0 Å². The second-order valence-corrected chi connectivity index (χ2v) is 35.4. The van der Waals surface area contributed by atoms with Crippen LogP contribution in [0.25, 0.3) is 0 Å². The summed E-state index contributed by atoms with van der Waals surface area (Å²) in [6.07, 6.45) is 19.9. The number of benzene rings is 9. The molecule has 0 unspecified atom stereocenters. The molecule has 0 amide bonds. The van der Waals surface area contributed by atoms with E-state index < -0.39 is 0 Å². The fraction of sp³-hybridized carbons (Fsp3) is 0.420. The van der Waals surface area contributed by atoms with E-state index in [9.17, 15) is 0 Å². The van der Waals surface area contributed by atoms with Crippen LogP contribution in [0.3, 0.4) is 0 Å². The monoisotopic (exact) mass is 1440 g/mol. The number of hydrogen-bond acceptors (Lipinski definition) is 4. The maximum Gasteiger partial charge on any atom is 0.292 e. The molecule has 0 N–H and O–H groups in total. The Morgan fingerprint density at radius 2 is 0.731 bits per heavy atom. The third-order valence-electron chi connectivity index (χ3n) is 25.0. The van der Waals surface area contributed by atoms with E-state index in [0.29, 0.717) is 56.0 Å². The molecular formula is C100H122N4O4+4. The van der Waals surface area contributed by atoms with Crippen LogP contribution in [0.15, 0.2) is 182 Å². The Balaban J connectivity index is 0.000000128. The van der Waals surface area contributed by atoms with Crippen molar-refractivity contribution < 1.29 is 37.2 Å². The van der Waals surface area contributed by atoms with Crippen LogP contribution in [0, 0.1) is 38.5 Å². The van der Waals surface area contributed by atoms with Crippen molar-refractivity contribution in [2.75, 3.05) is 26.9 Å². The second-order valence-electron chi connectivity index (χ2n) is 35.4. The van der Waals surface area contributed by atoms with E-state index in [0.717, 1.165) is 59.0 Å². The average molecular weight is 1440 g/mol. The molecule has 0 aromatic heterocycles. The van der Waals surface area contributed by atoms with Gasteiger partial charge >= 0.3 is 0 Å². The summed E-state index contributed by atoms with van der Waals surface area (Å²) in [7, 11) is 0. The van der Waals surface area contributed by atoms with Crippen molar-refractivity contribution in [2.24, 2.45) is 17.8 Å². The van der Waals surface area contributed by atoms with Gasteiger partial charge in [-0.1, -0.05) is 244 Å². The summed E-state index contributed by atoms with van der Waals surface area (Å²) >= 11 is 0. The lowest BCUT2D eigenvalue weighted by Gasteiger charge is -2.57. The Morgan fingerprint density at radius 3 is 1.17 bits per heavy atom. The van der Waals surface area contributed by atoms with Gasteiger partial charge in [0.1, 0.15) is 23.0 Å². The zero-order valence-corrected chi connectivity index (χ0v) is 68.6. The number of hydrogen-bond donors (Lipinski definition) is 0. The highest BCUT2D eigenvalue weighted by atomic mass is 16.5. The summed E-state index contributed by atoms with van der Waals surface area (Å²) in [6, 6.07) is 65.6. The van der Waals surface area contributed by atoms with Gasteiger partial charge in [-0.05, 0) is 182 Å². The van der Waals surface area contributed by atoms with Gasteiger partial charge in [0, 0.05) is 68.6 Å². The van der Waals surface area contributed by atoms with Crippen LogP contribution in [0.4, 0.5) is 22.7 Å². The van der Waals surface area contributed by atoms with Crippen molar-refractivity contribution in [3.05, 3.63) is 271 Å². The lowest BCUT2D eigenvalue weighted by atomic mass is 9.48. The molecule has 4 saturated carbocycles. The minimum Gasteiger partial charge on any atom is -0.435 e. The minimum atomic E-state index is -0.136. The van der Waals surface area contributed by atoms with Gasteiger partial charge in [0.15, 0.2) is 24.9 Å². The third-order valence-corrected chi connectivity index (χ3v) is 25.0. The molecule has 4 aliphatic heterocycles. The lowest BCUT2D eigenvalue weighted by Crippen LogP contribution is -2.49. The van der Waals surface area contributed by atoms with Crippen LogP contribution in [0.2, 0.25) is 0 Å². The van der Waals surface area contributed by atoms with E-state index >= 15 is 0 Å². The van der Waals surface area contributed by atoms with E-state index in [-0.39, 0.29) is 16.2 Å². The summed E-state index contributed by atoms with van der Waals surface area (Å²) in [5.74, 6) is 9.04. The smallest absolute Gasteiger partial charge is 0.292 e. The largest absolute Gasteiger partial charge is 0.435 e. The van der Waals surface area contributed by atoms with Crippen LogP contribution in [-0.4, -0.2) is 70.1 Å². The Hall–Kier alpha value is -9.14. The van der Waals surface area contributed by atoms with Gasteiger partial charge in [-0.15, -0.1) is 0 Å². The van der Waals surface area contributed by atoms with Crippen molar-refractivity contribution in [1.82, 2.24) is 0 Å². The van der Waals surface area contributed by atoms with E-state index in [1.165, 1.54) is 145 Å². The molecule has 0 atom stereocenters. The highest BCUT2D eigenvalue weighted by molar-refractivity contribution is 5.86. The maximum absolute atomic E-state index is 6.60. The fourth-order valence-corrected chi connectivity index (χ4v) is 18.5. The molecule has 17 rings (SSSR count). The van der Waals surface area contributed by atoms with Gasteiger partial charge in [0.05, 0.1) is 22.3 Å². The van der Waals surface area contributed by atoms with Gasteiger partial charge in [0.25, 0.3) is 26.9 Å². The summed E-state index contributed by atoms with van der Waals surface area (Å²) in [5, 5.41) is 0. The molecule has 8 nitrogen and oxygen atoms in total. The molecule has 8 heteroatoms. The first-order valence-corrected chi connectivity index (χ1v) is 40.6. The SMILES string of the molecule is CCC(C)(C)c1cc2c(c(C(C)(C)CC)c1)OC[N+](c1ccccc1C(C)C)=C2.Cc1cc2c(c(C(C)(C)c3ccccc3)c1)OC[N+](c1ccccc1C(C)C)=C2.Cc1cc2c(c(C34CC5CC(CC(C5)C3)C4)c1)OC[N+](c1ccccc1C(C)C)=C2.Cc1cccc2c1OC[N+](c1ccccc1C(C)C)=C2. The maximum atomic E-state index is 6.60. The summed E-state index contributed by atoms with van der Waals surface area (Å²) in [4.78, 5) is 0. The quantitative estimate of drug-likeness (QED) is 0.0960. The molecule has 4 heterocycles. The number of nitrogens with zero attached hydrogens (tertiary/aromatic N) is 4. The number of fused-ring (bicyclic) bond motifs is 4. The highest BCUT2D eigenvalue weighted by Gasteiger charge is 2.53. The summed E-state index contributed by atoms with van der Waals surface area (Å²) in [5.41, 5.74) is 26.2. The van der Waals surface area contributed by atoms with Crippen LogP contribution in [-0.2, 0) is 21.7 Å². The van der Waals surface area contributed by atoms with Gasteiger partial charge in [0.2, 0.25) is 22.7 Å². The molecule has 0 saturated heterocycles. The number of para-hydroxylation sites is 5. The zero-order valence-electron chi connectivity index (χ0n) is 68.6. The Morgan fingerprint density at radius 1 is 0.361 bits per heavy atom. The molecule has 8 aliphatic rings. The van der Waals surface area contributed by atoms with Crippen LogP contribution in [0.5, 0.6) is 23.0 Å². The van der Waals surface area contributed by atoms with Crippen molar-refractivity contribution in [3.8, 4) is 23.0 Å². The lowest BCUT2D eigenvalue weighted by molar-refractivity contribution is -0.477. The van der Waals surface area contributed by atoms with E-state index in [2.05, 4.69) is 357 Å². The normalized spacial score (nSPS) is 18.8. The molecular weight excluding hydrogens is 1320 g/mol. The van der Waals surface area contributed by atoms with Gasteiger partial charge in [-0.2, -0.15) is 18.3 Å². The average Bonchev–Trinajstić information content (AvgIpc) is 0.708. The zero-order chi connectivity index (χ0) is 76.6. The molecule has 562 valence electrons. The van der Waals surface area contributed by atoms with E-state index in [1.807, 2.05) is 0 Å². The van der Waals surface area contributed by atoms with Gasteiger partial charge in [-0.25, -0.2) is 0 Å². The topological polar surface area (TPSA) is 49.0 Å². The Bertz CT molecular complexity index is 4860. The second kappa shape index (κ2) is 31.8. The first-order valence-electron chi connectivity index (χ1n) is 40.6. The standard InChI is InChI=1S/C28H34NO.C27H30NO.C27H38NO.C18H20NO/c1-18(2)24-6-4-5-7-26(24)29-16-23-8-19(3)9-25(27(23)30-17-29)28-13-20-10-21(14-28)12-22(11-20)15-28;1-19(2)23-13-9-10-14-25(23)28-17-21-15-20(3)16-24(26(21)29-18-28)27(4,5)22-11-7-6-8-12-22;1-9-26(5,6)21-15-20-17-28(24-14-12-11-13-22(24)19(3)4)18-29-25(20)23(16-21)27(7,8)10-2;1-13(2)16-9-4-5-10-17(16)19-11-15-8-6-7-14(3)18(15)20-12-19/h4-9,16,18,20-22H,10-15,17H2,1-3H3;6-17,19H,18H2,1-5H3;11-17,19H,9-10,18H2,1-8H3;4-11,13H,12H2,1-3H3/q4*+1. The van der Waals surface area contributed by atoms with Crippen molar-refractivity contribution in [3.63, 3.8) is 0 Å². The molecule has 0 spiro atoms. The molecule has 4 bridgehead atoms. The molecule has 4 fully saturated rings. The molecule has 0 radical (unpaired) electrons. The Labute approximate surface area is 648 Å². The molecule has 9 aromatic carbocycles. The van der Waals surface area contributed by atoms with Gasteiger partial charge in [-0.3, -0.25) is 0 Å². The van der Waals surface area contributed by atoms with E-state index in [4.69, 9.17) is 18.9 Å². The Kier molecular flexibility index (Phi) is 22.7. The summed E-state index contributed by atoms with van der Waals surface area (Å²) < 4.78 is 34.4. The van der Waals surface area contributed by atoms with Gasteiger partial charge < -0.3 is 18.9 Å². The third kappa shape index (κ3) is 16.0. The van der Waals surface area contributed by atoms with Crippen LogP contribution < -0.4 is 18.9 Å². The highest BCUT2D eigenvalue weighted by Crippen LogP contribution is 2.62. The predicted molar refractivity (Wildman–Crippen MR) is 449 cm³/mol. The first kappa shape index (κ1) is 77.0. The van der Waals surface area contributed by atoms with Crippen molar-refractivity contribution in [2.45, 2.75) is 228 Å². The minimum absolute atomic E-state index is 0.0791. The molecule has 4 aliphatic carbocycles. The fourth-order valence-electron chi connectivity index (χ4n) is 18.5. The number of aryl methyl sites for hydroxylation is 3. The predicted octanol–water partition coefficient (Wildman–Crippen LogP) is 24.8. The first-order chi connectivity index (χ1) is 51.6. The van der Waals surface area contributed by atoms with Crippen molar-refractivity contribution >= 4 is 47.6 Å². The summed E-state index contributed by atoms with van der Waals surface area (Å²) in [6.45, 7) is 45.2. The number of rotatable bonds is 15. The van der Waals surface area contributed by atoms with E-state index in [1.54, 1.807) is 0 Å². The molecule has 9 aromatic rings. The number of ether oxygens (including phenoxy) is 4. The molecule has 108 heavy (non-hydrogen) atoms.